The first-order chi connectivity index (χ1) is 11.8. The summed E-state index contributed by atoms with van der Waals surface area (Å²) in [7, 11) is -2.43. The summed E-state index contributed by atoms with van der Waals surface area (Å²) < 4.78 is 32.5. The Bertz CT molecular complexity index is 965. The maximum Gasteiger partial charge on any atom is 0.264 e. The van der Waals surface area contributed by atoms with Gasteiger partial charge in [0.2, 0.25) is 0 Å². The van der Waals surface area contributed by atoms with Crippen molar-refractivity contribution in [3.8, 4) is 5.75 Å². The quantitative estimate of drug-likeness (QED) is 0.784. The highest BCUT2D eigenvalue weighted by Crippen LogP contribution is 2.34. The maximum absolute atomic E-state index is 13.1. The lowest BCUT2D eigenvalue weighted by molar-refractivity contribution is 0.0980. The van der Waals surface area contributed by atoms with E-state index in [4.69, 9.17) is 4.74 Å². The Kier molecular flexibility index (Phi) is 4.34. The van der Waals surface area contributed by atoms with Crippen LogP contribution in [0.3, 0.4) is 0 Å². The van der Waals surface area contributed by atoms with Gasteiger partial charge in [0.15, 0.2) is 11.6 Å². The van der Waals surface area contributed by atoms with Gasteiger partial charge in [-0.3, -0.25) is 13.9 Å². The summed E-state index contributed by atoms with van der Waals surface area (Å²) in [4.78, 5) is 23.7. The molecule has 0 bridgehead atoms. The number of Topliss-reactive ketones (excluding diaryl/α,β-unsaturated/α-hetero) is 2. The number of hydrogen-bond acceptors (Lipinski definition) is 5. The van der Waals surface area contributed by atoms with Crippen molar-refractivity contribution in [2.24, 2.45) is 0 Å². The van der Waals surface area contributed by atoms with Gasteiger partial charge in [0.05, 0.1) is 17.7 Å². The number of methoxy groups -OCH3 is 1. The van der Waals surface area contributed by atoms with Crippen molar-refractivity contribution in [3.63, 3.8) is 0 Å². The third-order valence-electron chi connectivity index (χ3n) is 4.14. The van der Waals surface area contributed by atoms with E-state index in [9.17, 15) is 18.0 Å². The molecule has 1 aliphatic heterocycles. The van der Waals surface area contributed by atoms with Gasteiger partial charge in [-0.2, -0.15) is 0 Å². The van der Waals surface area contributed by atoms with Crippen molar-refractivity contribution in [1.29, 1.82) is 0 Å². The number of ketones is 2. The van der Waals surface area contributed by atoms with Gasteiger partial charge in [0.25, 0.3) is 10.0 Å². The first kappa shape index (κ1) is 17.2. The summed E-state index contributed by atoms with van der Waals surface area (Å²) in [5, 5.41) is 0. The van der Waals surface area contributed by atoms with Crippen LogP contribution in [0.1, 0.15) is 34.1 Å². The van der Waals surface area contributed by atoms with E-state index in [1.54, 1.807) is 24.3 Å². The molecule has 7 heteroatoms. The number of rotatable bonds is 4. The molecular formula is C18H17NO5S. The highest BCUT2D eigenvalue weighted by molar-refractivity contribution is 7.92. The minimum absolute atomic E-state index is 0.0170. The molecule has 3 rings (SSSR count). The van der Waals surface area contributed by atoms with Crippen LogP contribution in [0.4, 0.5) is 5.69 Å². The number of anilines is 1. The second kappa shape index (κ2) is 6.33. The largest absolute Gasteiger partial charge is 0.497 e. The lowest BCUT2D eigenvalue weighted by Gasteiger charge is -2.30. The van der Waals surface area contributed by atoms with Crippen molar-refractivity contribution in [1.82, 2.24) is 0 Å². The van der Waals surface area contributed by atoms with Crippen LogP contribution >= 0.6 is 0 Å². The summed E-state index contributed by atoms with van der Waals surface area (Å²) in [6.07, 6.45) is 0.102. The number of sulfonamides is 1. The molecule has 25 heavy (non-hydrogen) atoms. The van der Waals surface area contributed by atoms with E-state index in [-0.39, 0.29) is 29.4 Å². The van der Waals surface area contributed by atoms with E-state index in [0.29, 0.717) is 22.6 Å². The SMILES string of the molecule is COc1ccc2c(c1)N(S(=O)(=O)c1cccc(C(C)=O)c1)CCC2=O. The fraction of sp³-hybridized carbons (Fsp3) is 0.222. The van der Waals surface area contributed by atoms with Crippen LogP contribution in [0.5, 0.6) is 5.75 Å². The zero-order valence-electron chi connectivity index (χ0n) is 13.9. The predicted octanol–water partition coefficient (Wildman–Crippen LogP) is 2.68. The summed E-state index contributed by atoms with van der Waals surface area (Å²) in [6, 6.07) is 10.6. The number of ether oxygens (including phenoxy) is 1. The van der Waals surface area contributed by atoms with Gasteiger partial charge in [-0.1, -0.05) is 12.1 Å². The van der Waals surface area contributed by atoms with Crippen molar-refractivity contribution >= 4 is 27.3 Å². The molecule has 0 saturated carbocycles. The Labute approximate surface area is 146 Å². The first-order valence-corrected chi connectivity index (χ1v) is 9.13. The van der Waals surface area contributed by atoms with Gasteiger partial charge in [0.1, 0.15) is 5.75 Å². The lowest BCUT2D eigenvalue weighted by Crippen LogP contribution is -2.37. The zero-order valence-corrected chi connectivity index (χ0v) is 14.7. The number of fused-ring (bicyclic) bond motifs is 1. The molecule has 1 heterocycles. The summed E-state index contributed by atoms with van der Waals surface area (Å²) >= 11 is 0. The second-order valence-electron chi connectivity index (χ2n) is 5.72. The molecule has 0 aliphatic carbocycles. The van der Waals surface area contributed by atoms with E-state index in [1.807, 2.05) is 0 Å². The zero-order chi connectivity index (χ0) is 18.2. The standard InChI is InChI=1S/C18H17NO5S/c1-12(20)13-4-3-5-15(10-13)25(22,23)19-9-8-18(21)16-7-6-14(24-2)11-17(16)19/h3-7,10-11H,8-9H2,1-2H3. The van der Waals surface area contributed by atoms with Crippen molar-refractivity contribution < 1.29 is 22.7 Å². The molecule has 0 radical (unpaired) electrons. The predicted molar refractivity (Wildman–Crippen MR) is 92.9 cm³/mol. The molecule has 0 amide bonds. The number of benzene rings is 2. The van der Waals surface area contributed by atoms with Crippen molar-refractivity contribution in [2.45, 2.75) is 18.2 Å². The molecule has 0 aromatic heterocycles. The topological polar surface area (TPSA) is 80.8 Å². The van der Waals surface area contributed by atoms with Crippen LogP contribution < -0.4 is 9.04 Å². The highest BCUT2D eigenvalue weighted by atomic mass is 32.2. The number of carbonyl (C=O) groups is 2. The number of hydrogen-bond donors (Lipinski definition) is 0. The van der Waals surface area contributed by atoms with E-state index in [1.165, 1.54) is 36.5 Å². The molecule has 1 aliphatic rings. The monoisotopic (exact) mass is 359 g/mol. The first-order valence-electron chi connectivity index (χ1n) is 7.69. The molecule has 0 spiro atoms. The maximum atomic E-state index is 13.1. The van der Waals surface area contributed by atoms with Gasteiger partial charge in [-0.05, 0) is 31.2 Å². The van der Waals surface area contributed by atoms with Crippen LogP contribution in [0.15, 0.2) is 47.4 Å². The van der Waals surface area contributed by atoms with E-state index >= 15 is 0 Å². The lowest BCUT2D eigenvalue weighted by atomic mass is 10.0. The molecule has 0 N–H and O–H groups in total. The molecule has 0 fully saturated rings. The number of carbonyl (C=O) groups excluding carboxylic acids is 2. The normalized spacial score (nSPS) is 14.2. The molecule has 130 valence electrons. The third kappa shape index (κ3) is 3.02. The molecule has 0 saturated heterocycles. The molecule has 2 aromatic carbocycles. The highest BCUT2D eigenvalue weighted by Gasteiger charge is 2.33. The Morgan fingerprint density at radius 3 is 2.60 bits per heavy atom. The Hall–Kier alpha value is -2.67. The van der Waals surface area contributed by atoms with Crippen molar-refractivity contribution in [3.05, 3.63) is 53.6 Å². The van der Waals surface area contributed by atoms with Gasteiger partial charge in [-0.15, -0.1) is 0 Å². The molecule has 6 nitrogen and oxygen atoms in total. The molecule has 2 aromatic rings. The fourth-order valence-electron chi connectivity index (χ4n) is 2.79. The van der Waals surface area contributed by atoms with Crippen LogP contribution in [-0.4, -0.2) is 33.6 Å². The van der Waals surface area contributed by atoms with Gasteiger partial charge in [-0.25, -0.2) is 8.42 Å². The van der Waals surface area contributed by atoms with E-state index < -0.39 is 10.0 Å². The van der Waals surface area contributed by atoms with E-state index in [0.717, 1.165) is 0 Å². The fourth-order valence-corrected chi connectivity index (χ4v) is 4.31. The Balaban J connectivity index is 2.13. The summed E-state index contributed by atoms with van der Waals surface area (Å²) in [5.74, 6) is 0.140. The summed E-state index contributed by atoms with van der Waals surface area (Å²) in [5.41, 5.74) is 0.960. The minimum atomic E-state index is -3.91. The molecule has 0 unspecified atom stereocenters. The minimum Gasteiger partial charge on any atom is -0.497 e. The Morgan fingerprint density at radius 2 is 1.92 bits per heavy atom. The summed E-state index contributed by atoms with van der Waals surface area (Å²) in [6.45, 7) is 1.43. The van der Waals surface area contributed by atoms with Gasteiger partial charge in [0, 0.05) is 30.2 Å². The molecule has 0 atom stereocenters. The second-order valence-corrected chi connectivity index (χ2v) is 7.58. The Morgan fingerprint density at radius 1 is 1.16 bits per heavy atom. The third-order valence-corrected chi connectivity index (χ3v) is 5.95. The average molecular weight is 359 g/mol. The van der Waals surface area contributed by atoms with Crippen LogP contribution in [-0.2, 0) is 10.0 Å². The van der Waals surface area contributed by atoms with Gasteiger partial charge >= 0.3 is 0 Å². The number of nitrogens with zero attached hydrogens (tertiary/aromatic N) is 1. The van der Waals surface area contributed by atoms with Crippen LogP contribution in [0, 0.1) is 0 Å². The average Bonchev–Trinajstić information content (AvgIpc) is 2.61. The van der Waals surface area contributed by atoms with Crippen LogP contribution in [0.2, 0.25) is 0 Å². The van der Waals surface area contributed by atoms with E-state index in [2.05, 4.69) is 0 Å². The van der Waals surface area contributed by atoms with Crippen molar-refractivity contribution in [2.75, 3.05) is 18.0 Å². The molecular weight excluding hydrogens is 342 g/mol. The smallest absolute Gasteiger partial charge is 0.264 e. The van der Waals surface area contributed by atoms with Crippen LogP contribution in [0.25, 0.3) is 0 Å². The van der Waals surface area contributed by atoms with Gasteiger partial charge < -0.3 is 4.74 Å².